The van der Waals surface area contributed by atoms with E-state index in [1.807, 2.05) is 37.3 Å². The molecule has 0 radical (unpaired) electrons. The van der Waals surface area contributed by atoms with Crippen LogP contribution >= 0.6 is 0 Å². The van der Waals surface area contributed by atoms with Crippen LogP contribution in [0.4, 0.5) is 0 Å². The Morgan fingerprint density at radius 2 is 1.78 bits per heavy atom. The summed E-state index contributed by atoms with van der Waals surface area (Å²) in [6.45, 7) is 5.94. The SMILES string of the molecule is C=CCc1cc(OC)c2c(c1)OC(c1cc(OC)c3c(c1)OCO3)C(C)O2. The summed E-state index contributed by atoms with van der Waals surface area (Å²) in [6.07, 6.45) is 1.99. The van der Waals surface area contributed by atoms with Crippen molar-refractivity contribution in [1.82, 2.24) is 0 Å². The molecule has 6 nitrogen and oxygen atoms in total. The fourth-order valence-electron chi connectivity index (χ4n) is 3.40. The van der Waals surface area contributed by atoms with Crippen molar-refractivity contribution in [2.45, 2.75) is 25.6 Å². The zero-order chi connectivity index (χ0) is 19.0. The Hall–Kier alpha value is -3.02. The molecule has 2 aromatic rings. The molecule has 0 fully saturated rings. The van der Waals surface area contributed by atoms with Gasteiger partial charge in [-0.2, -0.15) is 0 Å². The van der Waals surface area contributed by atoms with Crippen LogP contribution < -0.4 is 28.4 Å². The number of rotatable bonds is 5. The standard InChI is InChI=1S/C21H22O6/c1-5-6-13-7-15(22-3)21-18(8-13)27-19(12(2)26-21)14-9-16(23-4)20-17(10-14)24-11-25-20/h5,7-10,12,19H,1,6,11H2,2-4H3. The summed E-state index contributed by atoms with van der Waals surface area (Å²) in [5.74, 6) is 3.77. The second-order valence-electron chi connectivity index (χ2n) is 6.44. The van der Waals surface area contributed by atoms with Crippen LogP contribution in [-0.4, -0.2) is 27.1 Å². The highest BCUT2D eigenvalue weighted by atomic mass is 16.7. The van der Waals surface area contributed by atoms with Gasteiger partial charge in [0.15, 0.2) is 29.1 Å². The van der Waals surface area contributed by atoms with Crippen LogP contribution in [0.2, 0.25) is 0 Å². The zero-order valence-corrected chi connectivity index (χ0v) is 15.6. The normalized spacial score (nSPS) is 19.5. The Morgan fingerprint density at radius 3 is 2.52 bits per heavy atom. The molecule has 2 heterocycles. The number of hydrogen-bond acceptors (Lipinski definition) is 6. The molecule has 4 rings (SSSR count). The summed E-state index contributed by atoms with van der Waals surface area (Å²) in [5.41, 5.74) is 1.93. The van der Waals surface area contributed by atoms with Gasteiger partial charge in [0.1, 0.15) is 6.10 Å². The van der Waals surface area contributed by atoms with E-state index in [-0.39, 0.29) is 19.0 Å². The minimum absolute atomic E-state index is 0.178. The van der Waals surface area contributed by atoms with Crippen molar-refractivity contribution in [3.63, 3.8) is 0 Å². The van der Waals surface area contributed by atoms with Gasteiger partial charge < -0.3 is 28.4 Å². The smallest absolute Gasteiger partial charge is 0.231 e. The average molecular weight is 370 g/mol. The maximum Gasteiger partial charge on any atom is 0.231 e. The summed E-state index contributed by atoms with van der Waals surface area (Å²) in [7, 11) is 3.22. The Kier molecular flexibility index (Phi) is 4.48. The van der Waals surface area contributed by atoms with Crippen LogP contribution in [0, 0.1) is 0 Å². The number of fused-ring (bicyclic) bond motifs is 2. The van der Waals surface area contributed by atoms with Gasteiger partial charge in [-0.3, -0.25) is 0 Å². The van der Waals surface area contributed by atoms with Crippen LogP contribution in [0.25, 0.3) is 0 Å². The first-order chi connectivity index (χ1) is 13.1. The van der Waals surface area contributed by atoms with E-state index in [1.54, 1.807) is 14.2 Å². The molecule has 2 atom stereocenters. The fourth-order valence-corrected chi connectivity index (χ4v) is 3.40. The van der Waals surface area contributed by atoms with Crippen LogP contribution in [0.1, 0.15) is 24.2 Å². The molecule has 0 amide bonds. The molecule has 0 saturated heterocycles. The highest BCUT2D eigenvalue weighted by Crippen LogP contribution is 2.49. The van der Waals surface area contributed by atoms with E-state index < -0.39 is 0 Å². The summed E-state index contributed by atoms with van der Waals surface area (Å²) in [6, 6.07) is 7.71. The summed E-state index contributed by atoms with van der Waals surface area (Å²) in [5, 5.41) is 0. The molecule has 0 bridgehead atoms. The molecule has 2 aromatic carbocycles. The molecule has 2 unspecified atom stereocenters. The van der Waals surface area contributed by atoms with Crippen LogP contribution in [-0.2, 0) is 6.42 Å². The largest absolute Gasteiger partial charge is 0.493 e. The minimum atomic E-state index is -0.329. The topological polar surface area (TPSA) is 55.4 Å². The first-order valence-corrected chi connectivity index (χ1v) is 8.77. The molecule has 2 aliphatic heterocycles. The summed E-state index contributed by atoms with van der Waals surface area (Å²) >= 11 is 0. The van der Waals surface area contributed by atoms with Crippen molar-refractivity contribution in [3.8, 4) is 34.5 Å². The van der Waals surface area contributed by atoms with Crippen molar-refractivity contribution in [2.75, 3.05) is 21.0 Å². The van der Waals surface area contributed by atoms with Gasteiger partial charge >= 0.3 is 0 Å². The fraction of sp³-hybridized carbons (Fsp3) is 0.333. The van der Waals surface area contributed by atoms with Gasteiger partial charge in [0.2, 0.25) is 18.3 Å². The first kappa shape index (κ1) is 17.4. The van der Waals surface area contributed by atoms with Gasteiger partial charge in [0, 0.05) is 5.56 Å². The van der Waals surface area contributed by atoms with E-state index in [0.717, 1.165) is 11.1 Å². The van der Waals surface area contributed by atoms with Crippen molar-refractivity contribution < 1.29 is 28.4 Å². The number of allylic oxidation sites excluding steroid dienone is 1. The summed E-state index contributed by atoms with van der Waals surface area (Å²) in [4.78, 5) is 0. The highest BCUT2D eigenvalue weighted by molar-refractivity contribution is 5.58. The van der Waals surface area contributed by atoms with Crippen molar-refractivity contribution in [1.29, 1.82) is 0 Å². The Morgan fingerprint density at radius 1 is 1.00 bits per heavy atom. The molecule has 27 heavy (non-hydrogen) atoms. The second kappa shape index (κ2) is 6.95. The van der Waals surface area contributed by atoms with Crippen LogP contribution in [0.15, 0.2) is 36.9 Å². The molecule has 6 heteroatoms. The Bertz CT molecular complexity index is 875. The van der Waals surface area contributed by atoms with E-state index in [4.69, 9.17) is 28.4 Å². The molecule has 0 N–H and O–H groups in total. The number of methoxy groups -OCH3 is 2. The van der Waals surface area contributed by atoms with Gasteiger partial charge in [-0.15, -0.1) is 6.58 Å². The van der Waals surface area contributed by atoms with Crippen molar-refractivity contribution in [3.05, 3.63) is 48.0 Å². The third kappa shape index (κ3) is 3.01. The third-order valence-electron chi connectivity index (χ3n) is 4.67. The Labute approximate surface area is 158 Å². The predicted molar refractivity (Wildman–Crippen MR) is 99.5 cm³/mol. The number of ether oxygens (including phenoxy) is 6. The molecule has 0 saturated carbocycles. The van der Waals surface area contributed by atoms with E-state index in [2.05, 4.69) is 6.58 Å². The number of benzene rings is 2. The predicted octanol–water partition coefficient (Wildman–Crippen LogP) is 4.06. The van der Waals surface area contributed by atoms with Gasteiger partial charge in [-0.05, 0) is 43.2 Å². The molecular formula is C21H22O6. The lowest BCUT2D eigenvalue weighted by Gasteiger charge is -2.33. The number of hydrogen-bond donors (Lipinski definition) is 0. The van der Waals surface area contributed by atoms with E-state index in [1.165, 1.54) is 0 Å². The lowest BCUT2D eigenvalue weighted by Crippen LogP contribution is -2.31. The quantitative estimate of drug-likeness (QED) is 0.740. The lowest BCUT2D eigenvalue weighted by molar-refractivity contribution is 0.0279. The van der Waals surface area contributed by atoms with E-state index in [0.29, 0.717) is 40.9 Å². The highest BCUT2D eigenvalue weighted by Gasteiger charge is 2.34. The second-order valence-corrected chi connectivity index (χ2v) is 6.44. The maximum atomic E-state index is 6.33. The first-order valence-electron chi connectivity index (χ1n) is 8.77. The lowest BCUT2D eigenvalue weighted by atomic mass is 10.0. The molecular weight excluding hydrogens is 348 g/mol. The van der Waals surface area contributed by atoms with Gasteiger partial charge in [0.05, 0.1) is 14.2 Å². The van der Waals surface area contributed by atoms with Crippen LogP contribution in [0.3, 0.4) is 0 Å². The molecule has 142 valence electrons. The van der Waals surface area contributed by atoms with Gasteiger partial charge in [-0.1, -0.05) is 6.08 Å². The minimum Gasteiger partial charge on any atom is -0.493 e. The van der Waals surface area contributed by atoms with E-state index in [9.17, 15) is 0 Å². The third-order valence-corrected chi connectivity index (χ3v) is 4.67. The van der Waals surface area contributed by atoms with Crippen LogP contribution in [0.5, 0.6) is 34.5 Å². The van der Waals surface area contributed by atoms with Crippen molar-refractivity contribution in [2.24, 2.45) is 0 Å². The van der Waals surface area contributed by atoms with Gasteiger partial charge in [0.25, 0.3) is 0 Å². The molecule has 2 aliphatic rings. The van der Waals surface area contributed by atoms with E-state index >= 15 is 0 Å². The molecule has 0 aliphatic carbocycles. The summed E-state index contributed by atoms with van der Waals surface area (Å²) < 4.78 is 34.4. The molecule has 0 aromatic heterocycles. The monoisotopic (exact) mass is 370 g/mol. The van der Waals surface area contributed by atoms with Crippen molar-refractivity contribution >= 4 is 0 Å². The maximum absolute atomic E-state index is 6.33. The Balaban J connectivity index is 1.73. The van der Waals surface area contributed by atoms with Gasteiger partial charge in [-0.25, -0.2) is 0 Å². The average Bonchev–Trinajstić information content (AvgIpc) is 3.15. The zero-order valence-electron chi connectivity index (χ0n) is 15.6. The molecule has 0 spiro atoms.